The first-order chi connectivity index (χ1) is 11.9. The van der Waals surface area contributed by atoms with Crippen LogP contribution in [0.15, 0.2) is 48.5 Å². The first-order valence-corrected chi connectivity index (χ1v) is 7.98. The fourth-order valence-electron chi connectivity index (χ4n) is 3.05. The van der Waals surface area contributed by atoms with Crippen molar-refractivity contribution in [3.05, 3.63) is 65.5 Å². The quantitative estimate of drug-likeness (QED) is 0.725. The molecule has 3 nitrogen and oxygen atoms in total. The van der Waals surface area contributed by atoms with Gasteiger partial charge in [-0.2, -0.15) is 0 Å². The van der Waals surface area contributed by atoms with Crippen molar-refractivity contribution in [3.8, 4) is 5.75 Å². The molecule has 1 aliphatic rings. The summed E-state index contributed by atoms with van der Waals surface area (Å²) < 4.78 is 54.2. The smallest absolute Gasteiger partial charge is 0.406 e. The van der Waals surface area contributed by atoms with Crippen molar-refractivity contribution >= 4 is 24.8 Å². The average Bonchev–Trinajstić information content (AvgIpc) is 2.58. The number of piperazine rings is 1. The number of halogens is 6. The summed E-state index contributed by atoms with van der Waals surface area (Å²) in [7, 11) is 0. The summed E-state index contributed by atoms with van der Waals surface area (Å²) in [6.07, 6.45) is -4.71. The highest BCUT2D eigenvalue weighted by Crippen LogP contribution is 2.31. The molecule has 1 saturated heterocycles. The Bertz CT molecular complexity index is 690. The van der Waals surface area contributed by atoms with Crippen LogP contribution in [-0.2, 0) is 0 Å². The van der Waals surface area contributed by atoms with Crippen LogP contribution in [0.2, 0.25) is 0 Å². The lowest BCUT2D eigenvalue weighted by molar-refractivity contribution is -0.274. The standard InChI is InChI=1S/C18H18F4N2O.2ClH/c19-15-5-1-13(2-6-15)17(24-11-9-23-10-12-24)14-3-7-16(8-4-14)25-18(20,21)22;;/h1-8,17,23H,9-12H2;2*1H/t17-;;/m0../s1. The van der Waals surface area contributed by atoms with E-state index >= 15 is 0 Å². The second kappa shape index (κ2) is 10.1. The van der Waals surface area contributed by atoms with Crippen LogP contribution in [0.4, 0.5) is 17.6 Å². The van der Waals surface area contributed by atoms with Crippen molar-refractivity contribution in [1.82, 2.24) is 10.2 Å². The largest absolute Gasteiger partial charge is 0.573 e. The third kappa shape index (κ3) is 6.53. The fourth-order valence-corrected chi connectivity index (χ4v) is 3.05. The number of rotatable bonds is 4. The molecule has 0 amide bonds. The Labute approximate surface area is 167 Å². The van der Waals surface area contributed by atoms with Crippen LogP contribution in [0.1, 0.15) is 17.2 Å². The molecule has 1 fully saturated rings. The van der Waals surface area contributed by atoms with Crippen molar-refractivity contribution < 1.29 is 22.3 Å². The van der Waals surface area contributed by atoms with Crippen molar-refractivity contribution in [2.45, 2.75) is 12.4 Å². The molecule has 0 aromatic heterocycles. The molecule has 9 heteroatoms. The maximum atomic E-state index is 13.3. The molecule has 0 radical (unpaired) electrons. The van der Waals surface area contributed by atoms with Gasteiger partial charge in [0.2, 0.25) is 0 Å². The second-order valence-corrected chi connectivity index (χ2v) is 5.86. The Morgan fingerprint density at radius 2 is 1.33 bits per heavy atom. The summed E-state index contributed by atoms with van der Waals surface area (Å²) in [5.41, 5.74) is 1.73. The highest BCUT2D eigenvalue weighted by atomic mass is 35.5. The number of alkyl halides is 3. The highest BCUT2D eigenvalue weighted by molar-refractivity contribution is 5.85. The van der Waals surface area contributed by atoms with E-state index in [1.807, 2.05) is 0 Å². The summed E-state index contributed by atoms with van der Waals surface area (Å²) in [5.74, 6) is -0.578. The van der Waals surface area contributed by atoms with Gasteiger partial charge in [0, 0.05) is 26.2 Å². The minimum atomic E-state index is -4.71. The zero-order chi connectivity index (χ0) is 17.9. The molecule has 0 aliphatic carbocycles. The summed E-state index contributed by atoms with van der Waals surface area (Å²) >= 11 is 0. The molecule has 0 spiro atoms. The van der Waals surface area contributed by atoms with Crippen LogP contribution in [-0.4, -0.2) is 37.4 Å². The maximum absolute atomic E-state index is 13.3. The molecule has 2 aromatic carbocycles. The molecule has 2 aromatic rings. The summed E-state index contributed by atoms with van der Waals surface area (Å²) in [5, 5.41) is 3.27. The summed E-state index contributed by atoms with van der Waals surface area (Å²) in [4.78, 5) is 2.23. The van der Waals surface area contributed by atoms with E-state index in [1.165, 1.54) is 24.3 Å². The van der Waals surface area contributed by atoms with Gasteiger partial charge in [-0.05, 0) is 35.4 Å². The van der Waals surface area contributed by atoms with Gasteiger partial charge in [-0.3, -0.25) is 4.90 Å². The van der Waals surface area contributed by atoms with Crippen molar-refractivity contribution in [2.24, 2.45) is 0 Å². The molecule has 1 heterocycles. The maximum Gasteiger partial charge on any atom is 0.573 e. The van der Waals surface area contributed by atoms with Gasteiger partial charge in [0.15, 0.2) is 0 Å². The average molecular weight is 427 g/mol. The van der Waals surface area contributed by atoms with E-state index in [0.717, 1.165) is 37.3 Å². The molecule has 150 valence electrons. The second-order valence-electron chi connectivity index (χ2n) is 5.86. The molecular formula is C18H20Cl2F4N2O. The van der Waals surface area contributed by atoms with Gasteiger partial charge in [-0.1, -0.05) is 24.3 Å². The van der Waals surface area contributed by atoms with Gasteiger partial charge >= 0.3 is 6.36 Å². The van der Waals surface area contributed by atoms with Crippen molar-refractivity contribution in [3.63, 3.8) is 0 Å². The Balaban J connectivity index is 0.00000182. The lowest BCUT2D eigenvalue weighted by Gasteiger charge is -2.35. The van der Waals surface area contributed by atoms with Gasteiger partial charge in [-0.15, -0.1) is 38.0 Å². The number of hydrogen-bond acceptors (Lipinski definition) is 3. The third-order valence-electron chi connectivity index (χ3n) is 4.13. The summed E-state index contributed by atoms with van der Waals surface area (Å²) in [6, 6.07) is 11.9. The van der Waals surface area contributed by atoms with E-state index in [4.69, 9.17) is 0 Å². The number of hydrogen-bond donors (Lipinski definition) is 1. The zero-order valence-corrected chi connectivity index (χ0v) is 15.8. The lowest BCUT2D eigenvalue weighted by atomic mass is 9.96. The van der Waals surface area contributed by atoms with E-state index in [2.05, 4.69) is 15.0 Å². The number of ether oxygens (including phenoxy) is 1. The van der Waals surface area contributed by atoms with Gasteiger partial charge in [0.05, 0.1) is 6.04 Å². The zero-order valence-electron chi connectivity index (χ0n) is 14.2. The van der Waals surface area contributed by atoms with Gasteiger partial charge in [0.1, 0.15) is 11.6 Å². The van der Waals surface area contributed by atoms with Crippen LogP contribution in [0.5, 0.6) is 5.75 Å². The lowest BCUT2D eigenvalue weighted by Crippen LogP contribution is -2.45. The predicted octanol–water partition coefficient (Wildman–Crippen LogP) is 4.56. The van der Waals surface area contributed by atoms with Crippen LogP contribution < -0.4 is 10.1 Å². The van der Waals surface area contributed by atoms with Crippen molar-refractivity contribution in [1.29, 1.82) is 0 Å². The topological polar surface area (TPSA) is 24.5 Å². The predicted molar refractivity (Wildman–Crippen MR) is 100 cm³/mol. The van der Waals surface area contributed by atoms with Gasteiger partial charge in [0.25, 0.3) is 0 Å². The van der Waals surface area contributed by atoms with Crippen molar-refractivity contribution in [2.75, 3.05) is 26.2 Å². The number of benzene rings is 2. The molecule has 1 N–H and O–H groups in total. The van der Waals surface area contributed by atoms with Crippen LogP contribution in [0, 0.1) is 5.82 Å². The molecule has 0 bridgehead atoms. The minimum Gasteiger partial charge on any atom is -0.406 e. The fraction of sp³-hybridized carbons (Fsp3) is 0.333. The third-order valence-corrected chi connectivity index (χ3v) is 4.13. The molecule has 3 rings (SSSR count). The molecule has 27 heavy (non-hydrogen) atoms. The Hall–Kier alpha value is -1.54. The molecular weight excluding hydrogens is 407 g/mol. The van der Waals surface area contributed by atoms with Crippen LogP contribution in [0.3, 0.4) is 0 Å². The van der Waals surface area contributed by atoms with E-state index in [1.54, 1.807) is 24.3 Å². The van der Waals surface area contributed by atoms with E-state index in [-0.39, 0.29) is 42.4 Å². The van der Waals surface area contributed by atoms with Crippen LogP contribution >= 0.6 is 24.8 Å². The number of nitrogens with zero attached hydrogens (tertiary/aromatic N) is 1. The first-order valence-electron chi connectivity index (χ1n) is 7.98. The molecule has 1 aliphatic heterocycles. The first kappa shape index (κ1) is 23.5. The van der Waals surface area contributed by atoms with Gasteiger partial charge in [-0.25, -0.2) is 4.39 Å². The van der Waals surface area contributed by atoms with Gasteiger partial charge < -0.3 is 10.1 Å². The Kier molecular flexibility index (Phi) is 8.81. The van der Waals surface area contributed by atoms with E-state index < -0.39 is 6.36 Å². The molecule has 0 saturated carbocycles. The summed E-state index contributed by atoms with van der Waals surface area (Å²) in [6.45, 7) is 3.24. The highest BCUT2D eigenvalue weighted by Gasteiger charge is 2.31. The van der Waals surface area contributed by atoms with Crippen LogP contribution in [0.25, 0.3) is 0 Å². The van der Waals surface area contributed by atoms with E-state index in [9.17, 15) is 17.6 Å². The van der Waals surface area contributed by atoms with E-state index in [0.29, 0.717) is 0 Å². The molecule has 1 atom stereocenters. The number of nitrogens with one attached hydrogen (secondary N) is 1. The minimum absolute atomic E-state index is 0. The Morgan fingerprint density at radius 1 is 0.852 bits per heavy atom. The Morgan fingerprint density at radius 3 is 1.81 bits per heavy atom. The SMILES string of the molecule is Cl.Cl.Fc1ccc([C@@H](c2ccc(OC(F)(F)F)cc2)N2CCNCC2)cc1. The monoisotopic (exact) mass is 426 g/mol. The molecule has 0 unspecified atom stereocenters. The normalized spacial score (nSPS) is 16.0.